The largest absolute Gasteiger partial charge is 0.393 e. The minimum absolute atomic E-state index is 0.0702. The van der Waals surface area contributed by atoms with Crippen molar-refractivity contribution in [3.63, 3.8) is 0 Å². The van der Waals surface area contributed by atoms with E-state index in [1.165, 1.54) is 31.2 Å². The van der Waals surface area contributed by atoms with Crippen molar-refractivity contribution in [2.75, 3.05) is 6.61 Å². The molecular weight excluding hydrogens is 260 g/mol. The first-order valence-corrected chi connectivity index (χ1v) is 8.62. The van der Waals surface area contributed by atoms with Crippen molar-refractivity contribution in [1.29, 1.82) is 0 Å². The maximum absolute atomic E-state index is 9.74. The molecule has 21 heavy (non-hydrogen) atoms. The summed E-state index contributed by atoms with van der Waals surface area (Å²) >= 11 is 0. The first-order valence-electron chi connectivity index (χ1n) is 8.62. The molecule has 120 valence electrons. The summed E-state index contributed by atoms with van der Waals surface area (Å²) in [5.74, 6) is 0. The van der Waals surface area contributed by atoms with Crippen molar-refractivity contribution in [2.24, 2.45) is 0 Å². The van der Waals surface area contributed by atoms with E-state index in [-0.39, 0.29) is 6.10 Å². The second-order valence-corrected chi connectivity index (χ2v) is 5.89. The number of unbranched alkanes of at least 4 members (excludes halogenated alkanes) is 5. The van der Waals surface area contributed by atoms with E-state index >= 15 is 0 Å². The predicted molar refractivity (Wildman–Crippen MR) is 89.3 cm³/mol. The van der Waals surface area contributed by atoms with E-state index in [0.717, 1.165) is 45.3 Å². The Labute approximate surface area is 130 Å². The van der Waals surface area contributed by atoms with Gasteiger partial charge in [-0.1, -0.05) is 75.8 Å². The fourth-order valence-corrected chi connectivity index (χ4v) is 2.46. The molecule has 0 fully saturated rings. The normalized spacial score (nSPS) is 12.5. The molecule has 1 unspecified atom stereocenters. The molecular formula is C19H32O2. The molecule has 0 saturated heterocycles. The molecule has 2 nitrogen and oxygen atoms in total. The molecule has 2 heteroatoms. The minimum atomic E-state index is -0.0702. The summed E-state index contributed by atoms with van der Waals surface area (Å²) in [6, 6.07) is 10.3. The van der Waals surface area contributed by atoms with Crippen molar-refractivity contribution in [1.82, 2.24) is 0 Å². The van der Waals surface area contributed by atoms with Crippen LogP contribution in [-0.4, -0.2) is 17.8 Å². The third kappa shape index (κ3) is 10.5. The lowest BCUT2D eigenvalue weighted by atomic mass is 10.0. The first kappa shape index (κ1) is 18.2. The molecule has 0 aliphatic carbocycles. The van der Waals surface area contributed by atoms with Crippen LogP contribution in [0.3, 0.4) is 0 Å². The zero-order chi connectivity index (χ0) is 15.2. The second-order valence-electron chi connectivity index (χ2n) is 5.89. The Bertz CT molecular complexity index is 324. The number of aliphatic hydroxyl groups is 1. The Balaban J connectivity index is 1.82. The lowest BCUT2D eigenvalue weighted by Gasteiger charge is -2.09. The summed E-state index contributed by atoms with van der Waals surface area (Å²) in [5, 5.41) is 9.74. The molecule has 0 aromatic heterocycles. The van der Waals surface area contributed by atoms with Gasteiger partial charge in [-0.05, 0) is 24.8 Å². The number of aliphatic hydroxyl groups excluding tert-OH is 1. The average molecular weight is 292 g/mol. The molecule has 0 radical (unpaired) electrons. The van der Waals surface area contributed by atoms with Crippen LogP contribution in [0, 0.1) is 0 Å². The molecule has 1 rings (SSSR count). The van der Waals surface area contributed by atoms with Gasteiger partial charge in [-0.25, -0.2) is 0 Å². The number of ether oxygens (including phenoxy) is 1. The molecule has 1 aromatic carbocycles. The summed E-state index contributed by atoms with van der Waals surface area (Å²) in [7, 11) is 0. The van der Waals surface area contributed by atoms with Gasteiger partial charge in [-0.2, -0.15) is 0 Å². The van der Waals surface area contributed by atoms with Crippen molar-refractivity contribution in [2.45, 2.75) is 77.4 Å². The van der Waals surface area contributed by atoms with E-state index in [2.05, 4.69) is 19.1 Å². The zero-order valence-electron chi connectivity index (χ0n) is 13.6. The van der Waals surface area contributed by atoms with Crippen LogP contribution in [0.1, 0.15) is 70.3 Å². The molecule has 0 amide bonds. The fraction of sp³-hybridized carbons (Fsp3) is 0.684. The van der Waals surface area contributed by atoms with E-state index in [0.29, 0.717) is 0 Å². The van der Waals surface area contributed by atoms with E-state index in [4.69, 9.17) is 4.74 Å². The Morgan fingerprint density at radius 3 is 2.33 bits per heavy atom. The summed E-state index contributed by atoms with van der Waals surface area (Å²) in [4.78, 5) is 0. The van der Waals surface area contributed by atoms with Crippen LogP contribution in [0.25, 0.3) is 0 Å². The van der Waals surface area contributed by atoms with Gasteiger partial charge in [0, 0.05) is 6.61 Å². The van der Waals surface area contributed by atoms with Gasteiger partial charge in [0.25, 0.3) is 0 Å². The highest BCUT2D eigenvalue weighted by Crippen LogP contribution is 2.11. The van der Waals surface area contributed by atoms with Gasteiger partial charge < -0.3 is 9.84 Å². The average Bonchev–Trinajstić information content (AvgIpc) is 2.52. The van der Waals surface area contributed by atoms with Crippen molar-refractivity contribution >= 4 is 0 Å². The maximum Gasteiger partial charge on any atom is 0.0716 e. The summed E-state index contributed by atoms with van der Waals surface area (Å²) < 4.78 is 5.67. The van der Waals surface area contributed by atoms with Crippen molar-refractivity contribution in [3.05, 3.63) is 35.9 Å². The second kappa shape index (κ2) is 12.8. The third-order valence-corrected chi connectivity index (χ3v) is 3.83. The highest BCUT2D eigenvalue weighted by molar-refractivity contribution is 5.13. The third-order valence-electron chi connectivity index (χ3n) is 3.83. The lowest BCUT2D eigenvalue weighted by Crippen LogP contribution is -2.05. The van der Waals surface area contributed by atoms with Crippen molar-refractivity contribution in [3.8, 4) is 0 Å². The number of rotatable bonds is 13. The number of benzene rings is 1. The fourth-order valence-electron chi connectivity index (χ4n) is 2.46. The van der Waals surface area contributed by atoms with Crippen LogP contribution >= 0.6 is 0 Å². The van der Waals surface area contributed by atoms with E-state index in [1.54, 1.807) is 0 Å². The highest BCUT2D eigenvalue weighted by Gasteiger charge is 2.02. The first-order chi connectivity index (χ1) is 10.3. The Hall–Kier alpha value is -0.860. The van der Waals surface area contributed by atoms with Gasteiger partial charge in [0.1, 0.15) is 0 Å². The van der Waals surface area contributed by atoms with Gasteiger partial charge in [0.2, 0.25) is 0 Å². The molecule has 1 atom stereocenters. The SMILES string of the molecule is CCCCC(O)CCCCCCCOCc1ccccc1. The highest BCUT2D eigenvalue weighted by atomic mass is 16.5. The molecule has 1 aromatic rings. The van der Waals surface area contributed by atoms with Gasteiger partial charge >= 0.3 is 0 Å². The van der Waals surface area contributed by atoms with Gasteiger partial charge in [0.15, 0.2) is 0 Å². The van der Waals surface area contributed by atoms with Gasteiger partial charge in [-0.3, -0.25) is 0 Å². The molecule has 0 heterocycles. The van der Waals surface area contributed by atoms with Crippen LogP contribution in [0.4, 0.5) is 0 Å². The Kier molecular flexibility index (Phi) is 11.1. The Morgan fingerprint density at radius 1 is 0.905 bits per heavy atom. The standard InChI is InChI=1S/C19H32O2/c1-2-3-14-19(20)15-10-5-4-6-11-16-21-17-18-12-8-7-9-13-18/h7-9,12-13,19-20H,2-6,10-11,14-17H2,1H3. The zero-order valence-corrected chi connectivity index (χ0v) is 13.6. The van der Waals surface area contributed by atoms with Crippen LogP contribution in [0.15, 0.2) is 30.3 Å². The molecule has 0 saturated carbocycles. The smallest absolute Gasteiger partial charge is 0.0716 e. The molecule has 0 bridgehead atoms. The van der Waals surface area contributed by atoms with Gasteiger partial charge in [-0.15, -0.1) is 0 Å². The monoisotopic (exact) mass is 292 g/mol. The molecule has 0 aliphatic heterocycles. The molecule has 1 N–H and O–H groups in total. The minimum Gasteiger partial charge on any atom is -0.393 e. The summed E-state index contributed by atoms with van der Waals surface area (Å²) in [5.41, 5.74) is 1.25. The van der Waals surface area contributed by atoms with Crippen LogP contribution < -0.4 is 0 Å². The number of hydrogen-bond donors (Lipinski definition) is 1. The van der Waals surface area contributed by atoms with E-state index in [1.807, 2.05) is 18.2 Å². The summed E-state index contributed by atoms with van der Waals surface area (Å²) in [6.45, 7) is 3.76. The number of hydrogen-bond acceptors (Lipinski definition) is 2. The quantitative estimate of drug-likeness (QED) is 0.513. The molecule has 0 spiro atoms. The topological polar surface area (TPSA) is 29.5 Å². The van der Waals surface area contributed by atoms with Crippen molar-refractivity contribution < 1.29 is 9.84 Å². The molecule has 0 aliphatic rings. The maximum atomic E-state index is 9.74. The van der Waals surface area contributed by atoms with Crippen LogP contribution in [-0.2, 0) is 11.3 Å². The Morgan fingerprint density at radius 2 is 1.57 bits per heavy atom. The predicted octanol–water partition coefficient (Wildman–Crippen LogP) is 5.09. The van der Waals surface area contributed by atoms with E-state index < -0.39 is 0 Å². The van der Waals surface area contributed by atoms with Gasteiger partial charge in [0.05, 0.1) is 12.7 Å². The van der Waals surface area contributed by atoms with Crippen LogP contribution in [0.5, 0.6) is 0 Å². The lowest BCUT2D eigenvalue weighted by molar-refractivity contribution is 0.116. The van der Waals surface area contributed by atoms with Crippen LogP contribution in [0.2, 0.25) is 0 Å². The van der Waals surface area contributed by atoms with E-state index in [9.17, 15) is 5.11 Å². The summed E-state index contributed by atoms with van der Waals surface area (Å²) in [6.07, 6.45) is 10.3.